The highest BCUT2D eigenvalue weighted by atomic mass is 32.2. The van der Waals surface area contributed by atoms with Crippen LogP contribution < -0.4 is 15.4 Å². The van der Waals surface area contributed by atoms with Gasteiger partial charge in [-0.25, -0.2) is 23.4 Å². The van der Waals surface area contributed by atoms with E-state index < -0.39 is 34.4 Å². The van der Waals surface area contributed by atoms with Crippen LogP contribution in [-0.4, -0.2) is 41.9 Å². The molecular weight excluding hydrogens is 504 g/mol. The van der Waals surface area contributed by atoms with E-state index in [4.69, 9.17) is 4.74 Å². The Morgan fingerprint density at radius 3 is 2.14 bits per heavy atom. The van der Waals surface area contributed by atoms with Crippen molar-refractivity contribution < 1.29 is 39.5 Å². The molecule has 2 N–H and O–H groups in total. The van der Waals surface area contributed by atoms with Crippen molar-refractivity contribution in [3.05, 3.63) is 54.5 Å². The zero-order valence-corrected chi connectivity index (χ0v) is 18.6. The van der Waals surface area contributed by atoms with E-state index in [1.165, 1.54) is 13.0 Å². The minimum Gasteiger partial charge on any atom is -0.482 e. The normalized spacial score (nSPS) is 12.3. The van der Waals surface area contributed by atoms with Gasteiger partial charge in [-0.1, -0.05) is 6.92 Å². The number of halogens is 6. The van der Waals surface area contributed by atoms with Crippen molar-refractivity contribution in [2.45, 2.75) is 24.2 Å². The number of benzene rings is 1. The Balaban J connectivity index is 1.87. The fourth-order valence-corrected chi connectivity index (χ4v) is 3.56. The molecule has 35 heavy (non-hydrogen) atoms. The maximum Gasteiger partial charge on any atom is 0.422 e. The summed E-state index contributed by atoms with van der Waals surface area (Å²) < 4.78 is 105. The third-order valence-corrected chi connectivity index (χ3v) is 6.09. The van der Waals surface area contributed by atoms with Gasteiger partial charge in [0.2, 0.25) is 0 Å². The summed E-state index contributed by atoms with van der Waals surface area (Å²) in [4.78, 5) is 11.3. The highest BCUT2D eigenvalue weighted by Gasteiger charge is 2.31. The van der Waals surface area contributed by atoms with Crippen molar-refractivity contribution in [3.63, 3.8) is 0 Å². The molecule has 2 heterocycles. The van der Waals surface area contributed by atoms with Crippen LogP contribution in [0.3, 0.4) is 0 Å². The summed E-state index contributed by atoms with van der Waals surface area (Å²) in [5.41, 5.74) is -1.05. The Bertz CT molecular complexity index is 1280. The second-order valence-corrected chi connectivity index (χ2v) is 9.21. The monoisotopic (exact) mass is 521 g/mol. The van der Waals surface area contributed by atoms with Gasteiger partial charge in [-0.05, 0) is 30.3 Å². The molecule has 0 atom stereocenters. The van der Waals surface area contributed by atoms with Crippen LogP contribution in [0.15, 0.2) is 53.8 Å². The van der Waals surface area contributed by atoms with E-state index in [1.54, 1.807) is 0 Å². The smallest absolute Gasteiger partial charge is 0.422 e. The quantitative estimate of drug-likeness (QED) is 0.394. The first kappa shape index (κ1) is 26.0. The van der Waals surface area contributed by atoms with Gasteiger partial charge in [-0.15, -0.1) is 0 Å². The topological polar surface area (TPSA) is 106 Å². The number of ether oxygens (including phenoxy) is 1. The van der Waals surface area contributed by atoms with Gasteiger partial charge in [0.25, 0.3) is 0 Å². The fraction of sp³-hybridized carbons (Fsp3) is 0.250. The van der Waals surface area contributed by atoms with Gasteiger partial charge < -0.3 is 15.4 Å². The van der Waals surface area contributed by atoms with Crippen molar-refractivity contribution in [2.24, 2.45) is 0 Å². The molecule has 8 nitrogen and oxygen atoms in total. The fourth-order valence-electron chi connectivity index (χ4n) is 2.65. The summed E-state index contributed by atoms with van der Waals surface area (Å²) >= 11 is 0. The standard InChI is InChI=1S/C20H17F6N5O3S/c1-2-35(32,33)13-4-5-15(34-10-19(21,22)23)14(7-13)30-17-8-18(29-11-28-17)31-16-6-3-12(9-27-16)20(24,25)26/h3-9,11H,2,10H2,1H3,(H2,27,28,29,30,31). The number of hydrogen-bond donors (Lipinski definition) is 2. The number of aromatic nitrogens is 3. The summed E-state index contributed by atoms with van der Waals surface area (Å²) in [7, 11) is -3.69. The lowest BCUT2D eigenvalue weighted by atomic mass is 10.3. The molecule has 0 aliphatic rings. The van der Waals surface area contributed by atoms with Crippen molar-refractivity contribution in [1.29, 1.82) is 0 Å². The van der Waals surface area contributed by atoms with E-state index >= 15 is 0 Å². The second kappa shape index (κ2) is 9.93. The average molecular weight is 521 g/mol. The van der Waals surface area contributed by atoms with Crippen LogP contribution in [-0.2, 0) is 16.0 Å². The number of hydrogen-bond acceptors (Lipinski definition) is 8. The first-order valence-corrected chi connectivity index (χ1v) is 11.4. The third-order valence-electron chi connectivity index (χ3n) is 4.36. The maximum atomic E-state index is 12.7. The Labute approximate surface area is 195 Å². The van der Waals surface area contributed by atoms with E-state index in [-0.39, 0.29) is 39.5 Å². The van der Waals surface area contributed by atoms with Crippen molar-refractivity contribution >= 4 is 33.0 Å². The van der Waals surface area contributed by atoms with Crippen LogP contribution in [0.25, 0.3) is 0 Å². The lowest BCUT2D eigenvalue weighted by Crippen LogP contribution is -2.19. The summed E-state index contributed by atoms with van der Waals surface area (Å²) in [6, 6.07) is 6.51. The molecule has 0 amide bonds. The summed E-state index contributed by atoms with van der Waals surface area (Å²) in [6.45, 7) is -0.203. The number of nitrogens with zero attached hydrogens (tertiary/aromatic N) is 3. The molecule has 3 rings (SSSR count). The van der Waals surface area contributed by atoms with Crippen LogP contribution in [0.5, 0.6) is 5.75 Å². The molecule has 2 aromatic heterocycles. The lowest BCUT2D eigenvalue weighted by molar-refractivity contribution is -0.153. The van der Waals surface area contributed by atoms with Crippen LogP contribution in [0.2, 0.25) is 0 Å². The van der Waals surface area contributed by atoms with Gasteiger partial charge in [0.15, 0.2) is 16.4 Å². The number of alkyl halides is 6. The number of rotatable bonds is 8. The molecule has 0 saturated carbocycles. The van der Waals surface area contributed by atoms with Crippen molar-refractivity contribution in [2.75, 3.05) is 23.0 Å². The van der Waals surface area contributed by atoms with Gasteiger partial charge in [0.05, 0.1) is 21.9 Å². The number of anilines is 4. The van der Waals surface area contributed by atoms with Crippen LogP contribution in [0, 0.1) is 0 Å². The number of sulfone groups is 1. The van der Waals surface area contributed by atoms with E-state index in [0.29, 0.717) is 6.20 Å². The Morgan fingerprint density at radius 1 is 0.886 bits per heavy atom. The van der Waals surface area contributed by atoms with E-state index in [1.807, 2.05) is 0 Å². The minimum atomic E-state index is -4.63. The molecular formula is C20H17F6N5O3S. The molecule has 0 aliphatic carbocycles. The molecule has 0 unspecified atom stereocenters. The Morgan fingerprint density at radius 2 is 1.57 bits per heavy atom. The minimum absolute atomic E-state index is 0.0253. The molecule has 15 heteroatoms. The largest absolute Gasteiger partial charge is 0.482 e. The molecule has 0 spiro atoms. The Hall–Kier alpha value is -3.62. The molecule has 0 aliphatic heterocycles. The highest BCUT2D eigenvalue weighted by Crippen LogP contribution is 2.33. The molecule has 3 aromatic rings. The lowest BCUT2D eigenvalue weighted by Gasteiger charge is -2.16. The molecule has 0 bridgehead atoms. The first-order valence-electron chi connectivity index (χ1n) is 9.72. The maximum absolute atomic E-state index is 12.7. The van der Waals surface area contributed by atoms with Crippen LogP contribution in [0.1, 0.15) is 12.5 Å². The summed E-state index contributed by atoms with van der Waals surface area (Å²) in [5.74, 6) is -0.373. The van der Waals surface area contributed by atoms with Crippen LogP contribution in [0.4, 0.5) is 49.5 Å². The van der Waals surface area contributed by atoms with Gasteiger partial charge in [-0.3, -0.25) is 0 Å². The molecule has 0 fully saturated rings. The van der Waals surface area contributed by atoms with E-state index in [9.17, 15) is 34.8 Å². The molecule has 188 valence electrons. The average Bonchev–Trinajstić information content (AvgIpc) is 2.77. The van der Waals surface area contributed by atoms with Crippen LogP contribution >= 0.6 is 0 Å². The van der Waals surface area contributed by atoms with E-state index in [2.05, 4.69) is 25.6 Å². The zero-order valence-electron chi connectivity index (χ0n) is 17.8. The third kappa shape index (κ3) is 7.18. The summed E-state index contributed by atoms with van der Waals surface area (Å²) in [5, 5.41) is 5.35. The SMILES string of the molecule is CCS(=O)(=O)c1ccc(OCC(F)(F)F)c(Nc2cc(Nc3ccc(C(F)(F)F)cn3)ncn2)c1. The predicted octanol–water partition coefficient (Wildman–Crippen LogP) is 5.11. The molecule has 0 saturated heterocycles. The van der Waals surface area contributed by atoms with Gasteiger partial charge in [0, 0.05) is 12.3 Å². The zero-order chi connectivity index (χ0) is 25.9. The first-order chi connectivity index (χ1) is 16.3. The van der Waals surface area contributed by atoms with Crippen molar-refractivity contribution in [1.82, 2.24) is 15.0 Å². The Kier molecular flexibility index (Phi) is 7.38. The van der Waals surface area contributed by atoms with E-state index in [0.717, 1.165) is 36.7 Å². The van der Waals surface area contributed by atoms with Gasteiger partial charge in [-0.2, -0.15) is 26.3 Å². The van der Waals surface area contributed by atoms with Gasteiger partial charge >= 0.3 is 12.4 Å². The summed E-state index contributed by atoms with van der Waals surface area (Å²) in [6.07, 6.45) is -7.49. The highest BCUT2D eigenvalue weighted by molar-refractivity contribution is 7.91. The van der Waals surface area contributed by atoms with Crippen molar-refractivity contribution in [3.8, 4) is 5.75 Å². The molecule has 1 aromatic carbocycles. The van der Waals surface area contributed by atoms with Gasteiger partial charge in [0.1, 0.15) is 29.5 Å². The molecule has 0 radical (unpaired) electrons. The predicted molar refractivity (Wildman–Crippen MR) is 114 cm³/mol. The number of pyridine rings is 1. The number of nitrogens with one attached hydrogen (secondary N) is 2. The second-order valence-electron chi connectivity index (χ2n) is 6.93.